The molecule has 14 heavy (non-hydrogen) atoms. The highest BCUT2D eigenvalue weighted by Gasteiger charge is 2.24. The molecule has 80 valence electrons. The van der Waals surface area contributed by atoms with Crippen LogP contribution in [0.1, 0.15) is 20.3 Å². The number of guanidine groups is 2. The minimum Gasteiger partial charge on any atom is -0.370 e. The lowest BCUT2D eigenvalue weighted by Crippen LogP contribution is -2.35. The van der Waals surface area contributed by atoms with Gasteiger partial charge in [-0.1, -0.05) is 13.8 Å². The Labute approximate surface area is 84.9 Å². The van der Waals surface area contributed by atoms with E-state index in [0.717, 1.165) is 13.0 Å². The first-order chi connectivity index (χ1) is 6.50. The number of hydrogen-bond acceptors (Lipinski definition) is 3. The minimum atomic E-state index is 0.0702. The van der Waals surface area contributed by atoms with Gasteiger partial charge in [-0.3, -0.25) is 0 Å². The van der Waals surface area contributed by atoms with Crippen LogP contribution >= 0.6 is 0 Å². The van der Waals surface area contributed by atoms with Crippen LogP contribution in [0.25, 0.3) is 0 Å². The van der Waals surface area contributed by atoms with Gasteiger partial charge in [-0.2, -0.15) is 4.99 Å². The summed E-state index contributed by atoms with van der Waals surface area (Å²) in [5.74, 6) is 1.38. The molecule has 0 saturated carbocycles. The van der Waals surface area contributed by atoms with Crippen LogP contribution in [0.3, 0.4) is 0 Å². The number of hydrogen-bond donors (Lipinski definition) is 2. The van der Waals surface area contributed by atoms with Gasteiger partial charge in [0.2, 0.25) is 5.96 Å². The normalized spacial score (nSPS) is 21.3. The average Bonchev–Trinajstić information content (AvgIpc) is 2.34. The molecule has 0 aromatic heterocycles. The zero-order chi connectivity index (χ0) is 10.7. The van der Waals surface area contributed by atoms with Gasteiger partial charge < -0.3 is 16.4 Å². The first kappa shape index (κ1) is 10.8. The molecule has 1 atom stereocenters. The summed E-state index contributed by atoms with van der Waals surface area (Å²) in [5, 5.41) is 0. The summed E-state index contributed by atoms with van der Waals surface area (Å²) in [4.78, 5) is 10.3. The summed E-state index contributed by atoms with van der Waals surface area (Å²) in [6, 6.07) is 0.438. The highest BCUT2D eigenvalue weighted by Crippen LogP contribution is 2.16. The van der Waals surface area contributed by atoms with E-state index in [1.54, 1.807) is 0 Å². The topological polar surface area (TPSA) is 80.0 Å². The highest BCUT2D eigenvalue weighted by molar-refractivity contribution is 5.94. The van der Waals surface area contributed by atoms with Crippen LogP contribution in [0, 0.1) is 5.92 Å². The third-order valence-electron chi connectivity index (χ3n) is 2.28. The minimum absolute atomic E-state index is 0.0702. The first-order valence-electron chi connectivity index (χ1n) is 4.87. The fourth-order valence-electron chi connectivity index (χ4n) is 1.59. The van der Waals surface area contributed by atoms with Gasteiger partial charge in [0.25, 0.3) is 0 Å². The zero-order valence-corrected chi connectivity index (χ0v) is 9.07. The molecule has 0 aromatic carbocycles. The molecule has 0 saturated heterocycles. The van der Waals surface area contributed by atoms with Crippen molar-refractivity contribution in [3.8, 4) is 0 Å². The predicted octanol–water partition coefficient (Wildman–Crippen LogP) is -0.0241. The molecular weight excluding hydrogens is 178 g/mol. The van der Waals surface area contributed by atoms with Crippen molar-refractivity contribution in [2.24, 2.45) is 27.4 Å². The van der Waals surface area contributed by atoms with Gasteiger partial charge in [-0.15, -0.1) is 0 Å². The lowest BCUT2D eigenvalue weighted by Gasteiger charge is -2.22. The molecule has 0 aliphatic carbocycles. The Morgan fingerprint density at radius 2 is 2.29 bits per heavy atom. The standard InChI is InChI=1S/C9H19N5/c1-6(2)4-7-5-12-9(14(7)3)13-8(10)11/h6-7H,4-5H2,1-3H3,(H4,10,11,12,13). The molecule has 1 aliphatic heterocycles. The smallest absolute Gasteiger partial charge is 0.224 e. The van der Waals surface area contributed by atoms with Crippen molar-refractivity contribution in [2.75, 3.05) is 13.6 Å². The third-order valence-corrected chi connectivity index (χ3v) is 2.28. The van der Waals surface area contributed by atoms with E-state index in [1.165, 1.54) is 0 Å². The van der Waals surface area contributed by atoms with E-state index in [1.807, 2.05) is 11.9 Å². The van der Waals surface area contributed by atoms with Crippen LogP contribution in [0.5, 0.6) is 0 Å². The monoisotopic (exact) mass is 197 g/mol. The van der Waals surface area contributed by atoms with Crippen LogP contribution in [0.2, 0.25) is 0 Å². The summed E-state index contributed by atoms with van der Waals surface area (Å²) in [6.45, 7) is 5.19. The largest absolute Gasteiger partial charge is 0.370 e. The van der Waals surface area contributed by atoms with E-state index < -0.39 is 0 Å². The SMILES string of the molecule is CC(C)CC1CN=C(N=C(N)N)N1C. The second-order valence-electron chi connectivity index (χ2n) is 4.07. The van der Waals surface area contributed by atoms with E-state index in [4.69, 9.17) is 11.5 Å². The van der Waals surface area contributed by atoms with Crippen molar-refractivity contribution >= 4 is 11.9 Å². The predicted molar refractivity (Wildman–Crippen MR) is 59.1 cm³/mol. The van der Waals surface area contributed by atoms with Crippen molar-refractivity contribution < 1.29 is 0 Å². The summed E-state index contributed by atoms with van der Waals surface area (Å²) < 4.78 is 0. The molecule has 0 fully saturated rings. The Morgan fingerprint density at radius 3 is 2.79 bits per heavy atom. The van der Waals surface area contributed by atoms with Crippen molar-refractivity contribution in [1.29, 1.82) is 0 Å². The van der Waals surface area contributed by atoms with Crippen LogP contribution in [-0.4, -0.2) is 36.5 Å². The van der Waals surface area contributed by atoms with E-state index in [-0.39, 0.29) is 5.96 Å². The maximum atomic E-state index is 5.30. The molecule has 5 nitrogen and oxygen atoms in total. The van der Waals surface area contributed by atoms with Gasteiger partial charge >= 0.3 is 0 Å². The first-order valence-corrected chi connectivity index (χ1v) is 4.87. The number of nitrogens with zero attached hydrogens (tertiary/aromatic N) is 3. The average molecular weight is 197 g/mol. The van der Waals surface area contributed by atoms with Gasteiger partial charge in [0, 0.05) is 7.05 Å². The van der Waals surface area contributed by atoms with Gasteiger partial charge in [-0.05, 0) is 12.3 Å². The Balaban J connectivity index is 2.57. The molecule has 5 heteroatoms. The van der Waals surface area contributed by atoms with Crippen molar-refractivity contribution in [2.45, 2.75) is 26.3 Å². The molecule has 1 rings (SSSR count). The fraction of sp³-hybridized carbons (Fsp3) is 0.778. The van der Waals surface area contributed by atoms with Gasteiger partial charge in [0.1, 0.15) is 0 Å². The van der Waals surface area contributed by atoms with Crippen LogP contribution in [0.4, 0.5) is 0 Å². The summed E-state index contributed by atoms with van der Waals surface area (Å²) in [7, 11) is 1.98. The van der Waals surface area contributed by atoms with Crippen molar-refractivity contribution in [3.05, 3.63) is 0 Å². The third kappa shape index (κ3) is 2.61. The number of rotatable bonds is 2. The molecule has 0 radical (unpaired) electrons. The van der Waals surface area contributed by atoms with Crippen molar-refractivity contribution in [1.82, 2.24) is 4.90 Å². The Kier molecular flexibility index (Phi) is 3.33. The molecule has 0 aromatic rings. The Morgan fingerprint density at radius 1 is 1.64 bits per heavy atom. The van der Waals surface area contributed by atoms with E-state index in [2.05, 4.69) is 23.8 Å². The maximum absolute atomic E-state index is 5.30. The van der Waals surface area contributed by atoms with Crippen LogP contribution in [0.15, 0.2) is 9.98 Å². The number of nitrogens with two attached hydrogens (primary N) is 2. The lowest BCUT2D eigenvalue weighted by atomic mass is 10.0. The molecule has 4 N–H and O–H groups in total. The van der Waals surface area contributed by atoms with Crippen molar-refractivity contribution in [3.63, 3.8) is 0 Å². The molecule has 1 heterocycles. The van der Waals surface area contributed by atoms with Crippen LogP contribution in [-0.2, 0) is 0 Å². The number of aliphatic imine (C=N–C) groups is 2. The molecule has 1 aliphatic rings. The highest BCUT2D eigenvalue weighted by atomic mass is 15.3. The van der Waals surface area contributed by atoms with E-state index in [0.29, 0.717) is 17.9 Å². The fourth-order valence-corrected chi connectivity index (χ4v) is 1.59. The van der Waals surface area contributed by atoms with Gasteiger partial charge in [-0.25, -0.2) is 4.99 Å². The Hall–Kier alpha value is -1.26. The summed E-state index contributed by atoms with van der Waals surface area (Å²) in [5.41, 5.74) is 10.6. The van der Waals surface area contributed by atoms with Gasteiger partial charge in [0.05, 0.1) is 12.6 Å². The number of likely N-dealkylation sites (N-methyl/N-ethyl adjacent to an activating group) is 1. The van der Waals surface area contributed by atoms with E-state index in [9.17, 15) is 0 Å². The molecule has 0 bridgehead atoms. The zero-order valence-electron chi connectivity index (χ0n) is 9.07. The summed E-state index contributed by atoms with van der Waals surface area (Å²) >= 11 is 0. The second kappa shape index (κ2) is 4.30. The van der Waals surface area contributed by atoms with Crippen LogP contribution < -0.4 is 11.5 Å². The molecule has 0 spiro atoms. The maximum Gasteiger partial charge on any atom is 0.224 e. The van der Waals surface area contributed by atoms with Gasteiger partial charge in [0.15, 0.2) is 5.96 Å². The molecular formula is C9H19N5. The van der Waals surface area contributed by atoms with E-state index >= 15 is 0 Å². The second-order valence-corrected chi connectivity index (χ2v) is 4.07. The summed E-state index contributed by atoms with van der Waals surface area (Å²) in [6.07, 6.45) is 1.11. The molecule has 0 amide bonds. The molecule has 1 unspecified atom stereocenters. The quantitative estimate of drug-likeness (QED) is 0.482. The lowest BCUT2D eigenvalue weighted by molar-refractivity contribution is 0.340. The Bertz CT molecular complexity index is 252.